The Bertz CT molecular complexity index is 423. The van der Waals surface area contributed by atoms with E-state index >= 15 is 0 Å². The van der Waals surface area contributed by atoms with Crippen molar-refractivity contribution < 1.29 is 23.7 Å². The quantitative estimate of drug-likeness (QED) is 0.0852. The number of hydrogen-bond acceptors (Lipinski definition) is 6. The first-order valence-corrected chi connectivity index (χ1v) is 16.8. The lowest BCUT2D eigenvalue weighted by molar-refractivity contribution is -0.175. The third-order valence-corrected chi connectivity index (χ3v) is 9.10. The van der Waals surface area contributed by atoms with Crippen LogP contribution in [0.15, 0.2) is 0 Å². The van der Waals surface area contributed by atoms with Crippen LogP contribution in [-0.2, 0) is 23.7 Å². The Morgan fingerprint density at radius 3 is 1.23 bits per heavy atom. The van der Waals surface area contributed by atoms with Crippen LogP contribution in [0, 0.1) is 0 Å². The van der Waals surface area contributed by atoms with Gasteiger partial charge in [-0.1, -0.05) is 65.6 Å². The molecule has 0 aromatic rings. The molecular formula is C27H59NO5P2. The summed E-state index contributed by atoms with van der Waals surface area (Å²) >= 11 is 0. The molecule has 0 N–H and O–H groups in total. The first-order valence-electron chi connectivity index (χ1n) is 14.4. The Kier molecular flexibility index (Phi) is 23.0. The van der Waals surface area contributed by atoms with Crippen molar-refractivity contribution in [3.05, 3.63) is 0 Å². The number of ether oxygens (including phenoxy) is 5. The van der Waals surface area contributed by atoms with Crippen molar-refractivity contribution >= 4 is 17.2 Å². The van der Waals surface area contributed by atoms with E-state index in [2.05, 4.69) is 60.3 Å². The highest BCUT2D eigenvalue weighted by atomic mass is 31.1. The van der Waals surface area contributed by atoms with Crippen LogP contribution >= 0.6 is 17.2 Å². The van der Waals surface area contributed by atoms with Crippen molar-refractivity contribution in [3.8, 4) is 0 Å². The van der Waals surface area contributed by atoms with Gasteiger partial charge in [-0.15, -0.1) is 0 Å². The molecule has 0 rings (SSSR count). The maximum Gasteiger partial charge on any atom is 0.183 e. The lowest BCUT2D eigenvalue weighted by Gasteiger charge is -2.36. The van der Waals surface area contributed by atoms with Crippen molar-refractivity contribution in [3.63, 3.8) is 0 Å². The largest absolute Gasteiger partial charge is 0.363 e. The highest BCUT2D eigenvalue weighted by Crippen LogP contribution is 2.39. The van der Waals surface area contributed by atoms with E-state index in [0.29, 0.717) is 17.2 Å². The third-order valence-electron chi connectivity index (χ3n) is 5.79. The van der Waals surface area contributed by atoms with Gasteiger partial charge >= 0.3 is 0 Å². The summed E-state index contributed by atoms with van der Waals surface area (Å²) in [5.41, 5.74) is -0.877. The second kappa shape index (κ2) is 22.6. The molecule has 0 spiro atoms. The molecule has 35 heavy (non-hydrogen) atoms. The molecule has 0 heterocycles. The SMILES string of the molecule is CCCOC(CC)(OCCC)PCCN(CCPC(CC)(OCCC)OCCC)C(CC)OCC. The predicted molar refractivity (Wildman–Crippen MR) is 155 cm³/mol. The van der Waals surface area contributed by atoms with Crippen LogP contribution in [0.4, 0.5) is 0 Å². The fraction of sp³-hybridized carbons (Fsp3) is 1.00. The van der Waals surface area contributed by atoms with E-state index in [4.69, 9.17) is 23.7 Å². The molecule has 3 unspecified atom stereocenters. The summed E-state index contributed by atoms with van der Waals surface area (Å²) in [6, 6.07) is 0. The lowest BCUT2D eigenvalue weighted by atomic mass is 10.3. The lowest BCUT2D eigenvalue weighted by Crippen LogP contribution is -2.41. The van der Waals surface area contributed by atoms with E-state index in [1.807, 2.05) is 0 Å². The Morgan fingerprint density at radius 1 is 0.600 bits per heavy atom. The van der Waals surface area contributed by atoms with Crippen LogP contribution in [0.2, 0.25) is 0 Å². The number of nitrogens with zero attached hydrogens (tertiary/aromatic N) is 1. The van der Waals surface area contributed by atoms with Gasteiger partial charge in [-0.25, -0.2) is 0 Å². The maximum atomic E-state index is 6.27. The van der Waals surface area contributed by atoms with Gasteiger partial charge in [0.15, 0.2) is 11.1 Å². The standard InChI is InChI=1S/C27H59NO5P2/c1-9-19-30-26(14-6,31-20-10-2)34-23-17-28(25(13-5)29-16-8)18-24-35-27(15-7,32-21-11-3)33-22-12-4/h25,34-35H,9-24H2,1-8H3. The summed E-state index contributed by atoms with van der Waals surface area (Å²) in [5, 5.41) is 0. The minimum atomic E-state index is -0.438. The van der Waals surface area contributed by atoms with Crippen LogP contribution in [0.25, 0.3) is 0 Å². The van der Waals surface area contributed by atoms with Crippen molar-refractivity contribution in [2.75, 3.05) is 58.4 Å². The van der Waals surface area contributed by atoms with E-state index in [0.717, 1.165) is 103 Å². The summed E-state index contributed by atoms with van der Waals surface area (Å²) in [6.07, 6.45) is 9.03. The number of rotatable bonds is 26. The molecule has 0 aromatic carbocycles. The molecule has 0 aliphatic carbocycles. The minimum absolute atomic E-state index is 0.142. The molecule has 0 radical (unpaired) electrons. The first-order chi connectivity index (χ1) is 17.0. The Hall–Kier alpha value is 0.620. The van der Waals surface area contributed by atoms with E-state index < -0.39 is 11.1 Å². The smallest absolute Gasteiger partial charge is 0.183 e. The Morgan fingerprint density at radius 2 is 0.971 bits per heavy atom. The first kappa shape index (κ1) is 35.6. The summed E-state index contributed by atoms with van der Waals surface area (Å²) in [5.74, 6) is 0. The molecule has 6 nitrogen and oxygen atoms in total. The fourth-order valence-corrected chi connectivity index (χ4v) is 6.74. The summed E-state index contributed by atoms with van der Waals surface area (Å²) in [7, 11) is 1.22. The molecular weight excluding hydrogens is 480 g/mol. The van der Waals surface area contributed by atoms with Crippen LogP contribution < -0.4 is 0 Å². The van der Waals surface area contributed by atoms with Crippen LogP contribution in [0.1, 0.15) is 100 Å². The zero-order valence-corrected chi connectivity index (χ0v) is 26.4. The van der Waals surface area contributed by atoms with E-state index in [1.165, 1.54) is 0 Å². The highest BCUT2D eigenvalue weighted by Gasteiger charge is 2.32. The molecule has 212 valence electrons. The van der Waals surface area contributed by atoms with Crippen LogP contribution in [0.3, 0.4) is 0 Å². The molecule has 0 saturated heterocycles. The van der Waals surface area contributed by atoms with Gasteiger partial charge in [0.25, 0.3) is 0 Å². The van der Waals surface area contributed by atoms with Crippen molar-refractivity contribution in [1.82, 2.24) is 4.90 Å². The van der Waals surface area contributed by atoms with Crippen molar-refractivity contribution in [2.24, 2.45) is 0 Å². The summed E-state index contributed by atoms with van der Waals surface area (Å²) in [6.45, 7) is 23.0. The van der Waals surface area contributed by atoms with E-state index in [-0.39, 0.29) is 6.23 Å². The average molecular weight is 540 g/mol. The molecule has 0 aliphatic rings. The van der Waals surface area contributed by atoms with Gasteiger partial charge in [0.1, 0.15) is 6.23 Å². The molecule has 8 heteroatoms. The summed E-state index contributed by atoms with van der Waals surface area (Å²) in [4.78, 5) is 2.52. The third kappa shape index (κ3) is 15.0. The van der Waals surface area contributed by atoms with Crippen molar-refractivity contribution in [1.29, 1.82) is 0 Å². The van der Waals surface area contributed by atoms with Gasteiger partial charge in [0, 0.05) is 32.5 Å². The molecule has 0 fully saturated rings. The Balaban J connectivity index is 5.23. The van der Waals surface area contributed by atoms with Gasteiger partial charge in [0.2, 0.25) is 0 Å². The maximum absolute atomic E-state index is 6.27. The van der Waals surface area contributed by atoms with Crippen LogP contribution in [-0.4, -0.2) is 80.6 Å². The van der Waals surface area contributed by atoms with Gasteiger partial charge in [-0.05, 0) is 51.4 Å². The van der Waals surface area contributed by atoms with Crippen molar-refractivity contribution in [2.45, 2.75) is 118 Å². The van der Waals surface area contributed by atoms with Gasteiger partial charge in [-0.3, -0.25) is 4.90 Å². The highest BCUT2D eigenvalue weighted by molar-refractivity contribution is 7.39. The molecule has 0 amide bonds. The van der Waals surface area contributed by atoms with Gasteiger partial charge < -0.3 is 23.7 Å². The van der Waals surface area contributed by atoms with Gasteiger partial charge in [-0.2, -0.15) is 0 Å². The molecule has 0 bridgehead atoms. The Labute approximate surface area is 221 Å². The monoisotopic (exact) mass is 539 g/mol. The molecule has 3 atom stereocenters. The summed E-state index contributed by atoms with van der Waals surface area (Å²) < 4.78 is 31.2. The second-order valence-corrected chi connectivity index (χ2v) is 12.0. The second-order valence-electron chi connectivity index (χ2n) is 8.81. The molecule has 0 aromatic heterocycles. The van der Waals surface area contributed by atoms with E-state index in [9.17, 15) is 0 Å². The minimum Gasteiger partial charge on any atom is -0.363 e. The van der Waals surface area contributed by atoms with Gasteiger partial charge in [0.05, 0.1) is 26.4 Å². The molecule has 0 saturated carbocycles. The topological polar surface area (TPSA) is 49.4 Å². The number of hydrogen-bond donors (Lipinski definition) is 0. The zero-order valence-electron chi connectivity index (χ0n) is 24.4. The fourth-order valence-electron chi connectivity index (χ4n) is 3.87. The molecule has 0 aliphatic heterocycles. The van der Waals surface area contributed by atoms with Crippen LogP contribution in [0.5, 0.6) is 0 Å². The average Bonchev–Trinajstić information content (AvgIpc) is 2.89. The van der Waals surface area contributed by atoms with E-state index in [1.54, 1.807) is 0 Å². The normalized spacial score (nSPS) is 14.3. The zero-order chi connectivity index (χ0) is 26.4. The predicted octanol–water partition coefficient (Wildman–Crippen LogP) is 7.25.